The highest BCUT2D eigenvalue weighted by molar-refractivity contribution is 9.10. The molecule has 1 aromatic rings. The number of nitrogens with zero attached hydrogens (tertiary/aromatic N) is 1. The summed E-state index contributed by atoms with van der Waals surface area (Å²) in [7, 11) is 0. The van der Waals surface area contributed by atoms with Crippen LogP contribution in [0, 0.1) is 10.1 Å². The number of rotatable bonds is 3. The van der Waals surface area contributed by atoms with E-state index < -0.39 is 9.25 Å². The Balaban J connectivity index is 2.98. The quantitative estimate of drug-likeness (QED) is 0.506. The fourth-order valence-electron chi connectivity index (χ4n) is 1.01. The zero-order chi connectivity index (χ0) is 13.2. The molecule has 0 spiro atoms. The summed E-state index contributed by atoms with van der Waals surface area (Å²) in [6, 6.07) is 4.42. The molecule has 0 heterocycles. The molecule has 0 saturated carbocycles. The number of nitrogens with one attached hydrogen (secondary N) is 1. The Morgan fingerprint density at radius 2 is 2.06 bits per heavy atom. The largest absolute Gasteiger partial charge is 0.325 e. The van der Waals surface area contributed by atoms with Gasteiger partial charge in [0.15, 0.2) is 0 Å². The highest BCUT2D eigenvalue weighted by atomic mass is 79.9. The van der Waals surface area contributed by atoms with E-state index in [1.54, 1.807) is 19.9 Å². The van der Waals surface area contributed by atoms with E-state index in [1.807, 2.05) is 0 Å². The van der Waals surface area contributed by atoms with Gasteiger partial charge in [0, 0.05) is 11.8 Å². The number of alkyl halides is 1. The highest BCUT2D eigenvalue weighted by Gasteiger charge is 2.24. The van der Waals surface area contributed by atoms with Crippen molar-refractivity contribution in [2.45, 2.75) is 18.2 Å². The Kier molecular flexibility index (Phi) is 4.26. The van der Waals surface area contributed by atoms with Gasteiger partial charge in [0.25, 0.3) is 5.69 Å². The predicted octanol–water partition coefficient (Wildman–Crippen LogP) is 3.47. The second kappa shape index (κ2) is 5.14. The smallest absolute Gasteiger partial charge is 0.285 e. The lowest BCUT2D eigenvalue weighted by Gasteiger charge is -2.15. The summed E-state index contributed by atoms with van der Waals surface area (Å²) in [6.45, 7) is 3.38. The van der Waals surface area contributed by atoms with Gasteiger partial charge < -0.3 is 5.32 Å². The van der Waals surface area contributed by atoms with Gasteiger partial charge in [-0.15, -0.1) is 0 Å². The first kappa shape index (κ1) is 14.1. The number of anilines is 1. The van der Waals surface area contributed by atoms with E-state index in [9.17, 15) is 14.9 Å². The topological polar surface area (TPSA) is 72.2 Å². The molecule has 0 saturated heterocycles. The molecule has 0 aliphatic carbocycles. The van der Waals surface area contributed by atoms with Gasteiger partial charge in [-0.3, -0.25) is 14.9 Å². The molecule has 1 N–H and O–H groups in total. The van der Waals surface area contributed by atoms with Crippen molar-refractivity contribution in [3.8, 4) is 0 Å². The minimum absolute atomic E-state index is 0.0878. The Bertz CT molecular complexity index is 469. The minimum Gasteiger partial charge on any atom is -0.325 e. The van der Waals surface area contributed by atoms with Gasteiger partial charge >= 0.3 is 0 Å². The third-order valence-electron chi connectivity index (χ3n) is 1.94. The summed E-state index contributed by atoms with van der Waals surface area (Å²) >= 11 is 6.28. The SMILES string of the molecule is CC(C)(Br)C(=O)Nc1ccc(Br)c([N+](=O)[O-])c1. The molecule has 0 bridgehead atoms. The van der Waals surface area contributed by atoms with Crippen molar-refractivity contribution in [3.05, 3.63) is 32.8 Å². The summed E-state index contributed by atoms with van der Waals surface area (Å²) in [5, 5.41) is 13.3. The number of hydrogen-bond donors (Lipinski definition) is 1. The molecule has 0 aromatic heterocycles. The van der Waals surface area contributed by atoms with Crippen LogP contribution in [0.1, 0.15) is 13.8 Å². The molecule has 1 rings (SSSR count). The van der Waals surface area contributed by atoms with Gasteiger partial charge in [0.2, 0.25) is 5.91 Å². The van der Waals surface area contributed by atoms with Gasteiger partial charge in [0.05, 0.1) is 13.7 Å². The minimum atomic E-state index is -0.727. The first-order valence-electron chi connectivity index (χ1n) is 4.66. The molecule has 0 unspecified atom stereocenters. The molecule has 0 radical (unpaired) electrons. The lowest BCUT2D eigenvalue weighted by Crippen LogP contribution is -2.30. The van der Waals surface area contributed by atoms with Crippen molar-refractivity contribution >= 4 is 49.1 Å². The summed E-state index contributed by atoms with van der Waals surface area (Å²) < 4.78 is -0.354. The van der Waals surface area contributed by atoms with Crippen LogP contribution in [0.5, 0.6) is 0 Å². The first-order valence-corrected chi connectivity index (χ1v) is 6.24. The van der Waals surface area contributed by atoms with E-state index in [2.05, 4.69) is 37.2 Å². The van der Waals surface area contributed by atoms with Gasteiger partial charge in [-0.05, 0) is 41.9 Å². The maximum Gasteiger partial charge on any atom is 0.285 e. The lowest BCUT2D eigenvalue weighted by molar-refractivity contribution is -0.385. The first-order chi connectivity index (χ1) is 7.71. The molecule has 0 fully saturated rings. The van der Waals surface area contributed by atoms with E-state index in [0.29, 0.717) is 10.2 Å². The zero-order valence-electron chi connectivity index (χ0n) is 9.16. The van der Waals surface area contributed by atoms with Crippen molar-refractivity contribution in [2.24, 2.45) is 0 Å². The molecular weight excluding hydrogens is 356 g/mol. The second-order valence-electron chi connectivity index (χ2n) is 3.85. The molecule has 0 aliphatic rings. The normalized spacial score (nSPS) is 11.1. The van der Waals surface area contributed by atoms with E-state index in [4.69, 9.17) is 0 Å². The predicted molar refractivity (Wildman–Crippen MR) is 72.4 cm³/mol. The Labute approximate surface area is 115 Å². The van der Waals surface area contributed by atoms with Gasteiger partial charge in [-0.25, -0.2) is 0 Å². The van der Waals surface area contributed by atoms with Crippen molar-refractivity contribution < 1.29 is 9.72 Å². The molecule has 5 nitrogen and oxygen atoms in total. The second-order valence-corrected chi connectivity index (χ2v) is 6.69. The number of nitro benzene ring substituents is 1. The highest BCUT2D eigenvalue weighted by Crippen LogP contribution is 2.28. The molecule has 1 amide bonds. The van der Waals surface area contributed by atoms with Gasteiger partial charge in [0.1, 0.15) is 0 Å². The molecule has 7 heteroatoms. The van der Waals surface area contributed by atoms with Crippen LogP contribution in [-0.4, -0.2) is 15.2 Å². The number of nitro groups is 1. The molecule has 0 atom stereocenters. The van der Waals surface area contributed by atoms with Gasteiger partial charge in [-0.2, -0.15) is 0 Å². The maximum absolute atomic E-state index is 11.7. The van der Waals surface area contributed by atoms with Crippen LogP contribution in [0.15, 0.2) is 22.7 Å². The van der Waals surface area contributed by atoms with E-state index in [-0.39, 0.29) is 11.6 Å². The fraction of sp³-hybridized carbons (Fsp3) is 0.300. The van der Waals surface area contributed by atoms with Gasteiger partial charge in [-0.1, -0.05) is 15.9 Å². The lowest BCUT2D eigenvalue weighted by atomic mass is 10.2. The van der Waals surface area contributed by atoms with Crippen LogP contribution in [0.3, 0.4) is 0 Å². The molecule has 1 aromatic carbocycles. The number of carbonyl (C=O) groups is 1. The Morgan fingerprint density at radius 3 is 2.53 bits per heavy atom. The fourth-order valence-corrected chi connectivity index (χ4v) is 1.50. The number of hydrogen-bond acceptors (Lipinski definition) is 3. The number of carbonyl (C=O) groups excluding carboxylic acids is 1. The van der Waals surface area contributed by atoms with Crippen LogP contribution in [0.2, 0.25) is 0 Å². The third-order valence-corrected chi connectivity index (χ3v) is 2.97. The average Bonchev–Trinajstić information content (AvgIpc) is 2.19. The van der Waals surface area contributed by atoms with Crippen LogP contribution in [-0.2, 0) is 4.79 Å². The number of halogens is 2. The van der Waals surface area contributed by atoms with E-state index in [1.165, 1.54) is 12.1 Å². The van der Waals surface area contributed by atoms with Crippen LogP contribution < -0.4 is 5.32 Å². The van der Waals surface area contributed by atoms with E-state index in [0.717, 1.165) is 0 Å². The zero-order valence-corrected chi connectivity index (χ0v) is 12.3. The molecule has 92 valence electrons. The molecule has 0 aliphatic heterocycles. The average molecular weight is 366 g/mol. The van der Waals surface area contributed by atoms with Crippen LogP contribution in [0.25, 0.3) is 0 Å². The van der Waals surface area contributed by atoms with Crippen LogP contribution in [0.4, 0.5) is 11.4 Å². The standard InChI is InChI=1S/C10H10Br2N2O3/c1-10(2,12)9(15)13-6-3-4-7(11)8(5-6)14(16)17/h3-5H,1-2H3,(H,13,15). The maximum atomic E-state index is 11.7. The Morgan fingerprint density at radius 1 is 1.47 bits per heavy atom. The van der Waals surface area contributed by atoms with Crippen molar-refractivity contribution in [2.75, 3.05) is 5.32 Å². The van der Waals surface area contributed by atoms with Crippen molar-refractivity contribution in [3.63, 3.8) is 0 Å². The van der Waals surface area contributed by atoms with Crippen molar-refractivity contribution in [1.82, 2.24) is 0 Å². The summed E-state index contributed by atoms with van der Waals surface area (Å²) in [5.41, 5.74) is 0.299. The molecule has 17 heavy (non-hydrogen) atoms. The van der Waals surface area contributed by atoms with Crippen LogP contribution >= 0.6 is 31.9 Å². The number of benzene rings is 1. The summed E-state index contributed by atoms with van der Waals surface area (Å²) in [6.07, 6.45) is 0. The monoisotopic (exact) mass is 364 g/mol. The summed E-state index contributed by atoms with van der Waals surface area (Å²) in [5.74, 6) is -0.269. The third kappa shape index (κ3) is 3.78. The van der Waals surface area contributed by atoms with Crippen molar-refractivity contribution in [1.29, 1.82) is 0 Å². The molecular formula is C10H10Br2N2O3. The number of amides is 1. The summed E-state index contributed by atoms with van der Waals surface area (Å²) in [4.78, 5) is 21.9. The Hall–Kier alpha value is -0.950. The van der Waals surface area contributed by atoms with E-state index >= 15 is 0 Å².